The molecule has 0 saturated heterocycles. The minimum atomic E-state index is -0.0476. The molecule has 108 valence electrons. The Kier molecular flexibility index (Phi) is 4.25. The summed E-state index contributed by atoms with van der Waals surface area (Å²) in [6.07, 6.45) is 3.57. The van der Waals surface area contributed by atoms with Crippen LogP contribution in [0.15, 0.2) is 46.9 Å². The zero-order valence-electron chi connectivity index (χ0n) is 11.7. The van der Waals surface area contributed by atoms with E-state index >= 15 is 0 Å². The molecule has 0 atom stereocenters. The molecular formula is C17H17BrN2O. The molecule has 0 unspecified atom stereocenters. The molecule has 3 nitrogen and oxygen atoms in total. The van der Waals surface area contributed by atoms with Crippen molar-refractivity contribution >= 4 is 33.2 Å². The molecule has 0 heterocycles. The second-order valence-corrected chi connectivity index (χ2v) is 6.16. The number of nitrogens with one attached hydrogen (secondary N) is 2. The number of hydrogen-bond acceptors (Lipinski definition) is 2. The molecule has 0 saturated carbocycles. The van der Waals surface area contributed by atoms with Crippen molar-refractivity contribution in [3.8, 4) is 0 Å². The molecular weight excluding hydrogens is 328 g/mol. The van der Waals surface area contributed by atoms with E-state index in [4.69, 9.17) is 0 Å². The lowest BCUT2D eigenvalue weighted by atomic mass is 10.1. The summed E-state index contributed by atoms with van der Waals surface area (Å²) < 4.78 is 0.951. The Bertz CT molecular complexity index is 670. The van der Waals surface area contributed by atoms with Crippen LogP contribution in [0.1, 0.15) is 17.5 Å². The lowest BCUT2D eigenvalue weighted by molar-refractivity contribution is -0.114. The summed E-state index contributed by atoms with van der Waals surface area (Å²) in [6.45, 7) is 0.269. The van der Waals surface area contributed by atoms with Gasteiger partial charge in [0, 0.05) is 15.8 Å². The normalized spacial score (nSPS) is 12.8. The van der Waals surface area contributed by atoms with Crippen molar-refractivity contribution in [1.82, 2.24) is 0 Å². The van der Waals surface area contributed by atoms with Crippen molar-refractivity contribution < 1.29 is 4.79 Å². The summed E-state index contributed by atoms with van der Waals surface area (Å²) in [5.41, 5.74) is 4.66. The molecule has 0 aromatic heterocycles. The molecule has 1 amide bonds. The lowest BCUT2D eigenvalue weighted by Crippen LogP contribution is -2.21. The van der Waals surface area contributed by atoms with E-state index in [1.54, 1.807) is 0 Å². The van der Waals surface area contributed by atoms with Crippen LogP contribution >= 0.6 is 15.9 Å². The summed E-state index contributed by atoms with van der Waals surface area (Å²) in [5.74, 6) is -0.0476. The summed E-state index contributed by atoms with van der Waals surface area (Å²) >= 11 is 3.39. The molecule has 1 aliphatic carbocycles. The smallest absolute Gasteiger partial charge is 0.243 e. The second-order valence-electron chi connectivity index (χ2n) is 5.25. The number of halogens is 1. The molecule has 3 rings (SSSR count). The zero-order chi connectivity index (χ0) is 14.7. The van der Waals surface area contributed by atoms with Crippen LogP contribution in [0.3, 0.4) is 0 Å². The number of benzene rings is 2. The van der Waals surface area contributed by atoms with Crippen molar-refractivity contribution in [3.05, 3.63) is 58.1 Å². The highest BCUT2D eigenvalue weighted by molar-refractivity contribution is 9.10. The largest absolute Gasteiger partial charge is 0.376 e. The Morgan fingerprint density at radius 1 is 1.05 bits per heavy atom. The molecule has 0 aliphatic heterocycles. The molecule has 2 aromatic rings. The minimum Gasteiger partial charge on any atom is -0.376 e. The van der Waals surface area contributed by atoms with Gasteiger partial charge in [0.15, 0.2) is 0 Å². The molecule has 0 radical (unpaired) electrons. The monoisotopic (exact) mass is 344 g/mol. The van der Waals surface area contributed by atoms with Crippen LogP contribution in [-0.4, -0.2) is 12.5 Å². The third-order valence-corrected chi connectivity index (χ3v) is 4.15. The van der Waals surface area contributed by atoms with Crippen LogP contribution in [0.5, 0.6) is 0 Å². The predicted octanol–water partition coefficient (Wildman–Crippen LogP) is 3.99. The highest BCUT2D eigenvalue weighted by Crippen LogP contribution is 2.24. The molecule has 1 aliphatic rings. The number of hydrogen-bond donors (Lipinski definition) is 2. The van der Waals surface area contributed by atoms with Gasteiger partial charge in [0.05, 0.1) is 6.54 Å². The van der Waals surface area contributed by atoms with Gasteiger partial charge in [-0.25, -0.2) is 0 Å². The average molecular weight is 345 g/mol. The van der Waals surface area contributed by atoms with Crippen LogP contribution in [0.25, 0.3) is 0 Å². The van der Waals surface area contributed by atoms with Crippen molar-refractivity contribution in [1.29, 1.82) is 0 Å². The van der Waals surface area contributed by atoms with Crippen LogP contribution in [0.4, 0.5) is 11.4 Å². The number of amides is 1. The van der Waals surface area contributed by atoms with E-state index in [-0.39, 0.29) is 12.5 Å². The van der Waals surface area contributed by atoms with Gasteiger partial charge in [0.25, 0.3) is 0 Å². The van der Waals surface area contributed by atoms with E-state index < -0.39 is 0 Å². The van der Waals surface area contributed by atoms with Gasteiger partial charge in [-0.05, 0) is 60.7 Å². The van der Waals surface area contributed by atoms with E-state index in [0.717, 1.165) is 22.3 Å². The summed E-state index contributed by atoms with van der Waals surface area (Å²) in [4.78, 5) is 11.9. The fraction of sp³-hybridized carbons (Fsp3) is 0.235. The molecule has 0 spiro atoms. The van der Waals surface area contributed by atoms with Crippen molar-refractivity contribution in [2.45, 2.75) is 19.3 Å². The molecule has 2 N–H and O–H groups in total. The van der Waals surface area contributed by atoms with Crippen LogP contribution in [0.2, 0.25) is 0 Å². The first-order valence-electron chi connectivity index (χ1n) is 7.12. The van der Waals surface area contributed by atoms with E-state index in [0.29, 0.717) is 0 Å². The highest BCUT2D eigenvalue weighted by atomic mass is 79.9. The first-order chi connectivity index (χ1) is 10.2. The van der Waals surface area contributed by atoms with Gasteiger partial charge in [-0.15, -0.1) is 0 Å². The standard InChI is InChI=1S/C17H17BrN2O/c18-14-5-2-6-16(10-14)20-17(21)11-19-15-8-7-12-3-1-4-13(12)9-15/h2,5-10,19H,1,3-4,11H2,(H,20,21). The molecule has 21 heavy (non-hydrogen) atoms. The summed E-state index contributed by atoms with van der Waals surface area (Å²) in [6, 6.07) is 14.0. The fourth-order valence-electron chi connectivity index (χ4n) is 2.64. The molecule has 0 bridgehead atoms. The Morgan fingerprint density at radius 2 is 1.90 bits per heavy atom. The van der Waals surface area contributed by atoms with E-state index in [1.807, 2.05) is 24.3 Å². The van der Waals surface area contributed by atoms with Gasteiger partial charge in [-0.3, -0.25) is 4.79 Å². The van der Waals surface area contributed by atoms with Crippen LogP contribution < -0.4 is 10.6 Å². The van der Waals surface area contributed by atoms with Gasteiger partial charge in [0.2, 0.25) is 5.91 Å². The van der Waals surface area contributed by atoms with E-state index in [9.17, 15) is 4.79 Å². The molecule has 0 fully saturated rings. The van der Waals surface area contributed by atoms with Crippen molar-refractivity contribution in [2.24, 2.45) is 0 Å². The third kappa shape index (κ3) is 3.64. The molecule has 2 aromatic carbocycles. The number of anilines is 2. The topological polar surface area (TPSA) is 41.1 Å². The van der Waals surface area contributed by atoms with Gasteiger partial charge in [0.1, 0.15) is 0 Å². The number of carbonyl (C=O) groups excluding carboxylic acids is 1. The minimum absolute atomic E-state index is 0.0476. The van der Waals surface area contributed by atoms with Crippen LogP contribution in [0, 0.1) is 0 Å². The van der Waals surface area contributed by atoms with Gasteiger partial charge in [-0.1, -0.05) is 28.1 Å². The summed E-state index contributed by atoms with van der Waals surface area (Å²) in [5, 5.41) is 6.06. The van der Waals surface area contributed by atoms with Gasteiger partial charge >= 0.3 is 0 Å². The first-order valence-corrected chi connectivity index (χ1v) is 7.91. The maximum atomic E-state index is 11.9. The Balaban J connectivity index is 1.56. The van der Waals surface area contributed by atoms with Crippen molar-refractivity contribution in [2.75, 3.05) is 17.2 Å². The SMILES string of the molecule is O=C(CNc1ccc2c(c1)CCC2)Nc1cccc(Br)c1. The third-order valence-electron chi connectivity index (χ3n) is 3.66. The van der Waals surface area contributed by atoms with Crippen LogP contribution in [-0.2, 0) is 17.6 Å². The lowest BCUT2D eigenvalue weighted by Gasteiger charge is -2.09. The fourth-order valence-corrected chi connectivity index (χ4v) is 3.03. The number of fused-ring (bicyclic) bond motifs is 1. The number of rotatable bonds is 4. The first kappa shape index (κ1) is 14.1. The predicted molar refractivity (Wildman–Crippen MR) is 89.7 cm³/mol. The quantitative estimate of drug-likeness (QED) is 0.880. The van der Waals surface area contributed by atoms with Gasteiger partial charge < -0.3 is 10.6 Å². The number of aryl methyl sites for hydroxylation is 2. The van der Waals surface area contributed by atoms with Crippen molar-refractivity contribution in [3.63, 3.8) is 0 Å². The Hall–Kier alpha value is -1.81. The zero-order valence-corrected chi connectivity index (χ0v) is 13.2. The highest BCUT2D eigenvalue weighted by Gasteiger charge is 2.11. The van der Waals surface area contributed by atoms with Gasteiger partial charge in [-0.2, -0.15) is 0 Å². The second kappa shape index (κ2) is 6.31. The molecule has 4 heteroatoms. The maximum absolute atomic E-state index is 11.9. The maximum Gasteiger partial charge on any atom is 0.243 e. The average Bonchev–Trinajstić information content (AvgIpc) is 2.92. The Labute approximate surface area is 132 Å². The summed E-state index contributed by atoms with van der Waals surface area (Å²) in [7, 11) is 0. The van der Waals surface area contributed by atoms with E-state index in [1.165, 1.54) is 24.0 Å². The number of carbonyl (C=O) groups is 1. The Morgan fingerprint density at radius 3 is 2.76 bits per heavy atom. The van der Waals surface area contributed by atoms with E-state index in [2.05, 4.69) is 44.8 Å².